The van der Waals surface area contributed by atoms with Gasteiger partial charge in [0.2, 0.25) is 0 Å². The summed E-state index contributed by atoms with van der Waals surface area (Å²) >= 11 is 0. The summed E-state index contributed by atoms with van der Waals surface area (Å²) in [6.07, 6.45) is 1.99. The molecule has 0 saturated carbocycles. The molecule has 0 spiro atoms. The van der Waals surface area contributed by atoms with Gasteiger partial charge in [0.05, 0.1) is 6.54 Å². The van der Waals surface area contributed by atoms with Crippen molar-refractivity contribution in [2.75, 3.05) is 19.6 Å². The van der Waals surface area contributed by atoms with Crippen LogP contribution in [-0.2, 0) is 4.79 Å². The molecule has 1 aliphatic heterocycles. The van der Waals surface area contributed by atoms with Crippen molar-refractivity contribution < 1.29 is 4.79 Å². The lowest BCUT2D eigenvalue weighted by molar-refractivity contribution is -0.116. The third kappa shape index (κ3) is 3.02. The molecule has 0 bridgehead atoms. The van der Waals surface area contributed by atoms with E-state index in [9.17, 15) is 4.79 Å². The number of carbonyl (C=O) groups is 1. The highest BCUT2D eigenvalue weighted by molar-refractivity contribution is 5.82. The van der Waals surface area contributed by atoms with Gasteiger partial charge >= 0.3 is 0 Å². The predicted molar refractivity (Wildman–Crippen MR) is 45.5 cm³/mol. The van der Waals surface area contributed by atoms with Gasteiger partial charge in [-0.05, 0) is 18.9 Å². The van der Waals surface area contributed by atoms with Gasteiger partial charge in [-0.25, -0.2) is 0 Å². The molecule has 1 heterocycles. The van der Waals surface area contributed by atoms with E-state index in [1.807, 2.05) is 0 Å². The maximum atomic E-state index is 10.9. The average Bonchev–Trinajstić information content (AvgIpc) is 2.31. The van der Waals surface area contributed by atoms with Gasteiger partial charge in [0, 0.05) is 13.0 Å². The topological polar surface area (TPSA) is 20.3 Å². The number of carbonyl (C=O) groups excluding carboxylic acids is 1. The summed E-state index contributed by atoms with van der Waals surface area (Å²) in [5.41, 5.74) is 0. The SMILES string of the molecule is CC(C)CCN1CCC(=O)C1. The fourth-order valence-electron chi connectivity index (χ4n) is 1.32. The van der Waals surface area contributed by atoms with E-state index in [1.165, 1.54) is 6.42 Å². The van der Waals surface area contributed by atoms with Crippen LogP contribution in [0.3, 0.4) is 0 Å². The van der Waals surface area contributed by atoms with E-state index in [0.29, 0.717) is 12.3 Å². The van der Waals surface area contributed by atoms with Gasteiger partial charge in [-0.1, -0.05) is 13.8 Å². The molecular formula is C9H17NO. The Balaban J connectivity index is 2.13. The second-order valence-electron chi connectivity index (χ2n) is 3.75. The molecule has 0 radical (unpaired) electrons. The van der Waals surface area contributed by atoms with Crippen LogP contribution >= 0.6 is 0 Å². The maximum absolute atomic E-state index is 10.9. The monoisotopic (exact) mass is 155 g/mol. The fourth-order valence-corrected chi connectivity index (χ4v) is 1.32. The van der Waals surface area contributed by atoms with Gasteiger partial charge in [0.1, 0.15) is 5.78 Å². The number of nitrogens with zero attached hydrogens (tertiary/aromatic N) is 1. The van der Waals surface area contributed by atoms with Crippen LogP contribution in [0.15, 0.2) is 0 Å². The molecule has 0 amide bonds. The van der Waals surface area contributed by atoms with Gasteiger partial charge in [-0.15, -0.1) is 0 Å². The van der Waals surface area contributed by atoms with Crippen molar-refractivity contribution in [1.29, 1.82) is 0 Å². The number of ketones is 1. The van der Waals surface area contributed by atoms with E-state index in [4.69, 9.17) is 0 Å². The quantitative estimate of drug-likeness (QED) is 0.612. The van der Waals surface area contributed by atoms with Crippen molar-refractivity contribution in [3.8, 4) is 0 Å². The third-order valence-electron chi connectivity index (χ3n) is 2.13. The van der Waals surface area contributed by atoms with Crippen LogP contribution < -0.4 is 0 Å². The van der Waals surface area contributed by atoms with Crippen molar-refractivity contribution in [2.45, 2.75) is 26.7 Å². The number of hydrogen-bond donors (Lipinski definition) is 0. The van der Waals surface area contributed by atoms with Gasteiger partial charge in [0.15, 0.2) is 0 Å². The zero-order valence-electron chi connectivity index (χ0n) is 7.47. The highest BCUT2D eigenvalue weighted by atomic mass is 16.1. The molecule has 0 aliphatic carbocycles. The minimum Gasteiger partial charge on any atom is -0.298 e. The molecular weight excluding hydrogens is 138 g/mol. The smallest absolute Gasteiger partial charge is 0.148 e. The first kappa shape index (κ1) is 8.72. The molecule has 0 aromatic carbocycles. The zero-order chi connectivity index (χ0) is 8.27. The summed E-state index contributed by atoms with van der Waals surface area (Å²) in [6, 6.07) is 0. The molecule has 1 aliphatic rings. The van der Waals surface area contributed by atoms with Crippen LogP contribution in [0.25, 0.3) is 0 Å². The summed E-state index contributed by atoms with van der Waals surface area (Å²) in [6.45, 7) is 7.23. The number of Topliss-reactive ketones (excluding diaryl/α,β-unsaturated/α-hetero) is 1. The standard InChI is InChI=1S/C9H17NO/c1-8(2)3-5-10-6-4-9(11)7-10/h8H,3-7H2,1-2H3. The second-order valence-corrected chi connectivity index (χ2v) is 3.75. The zero-order valence-corrected chi connectivity index (χ0v) is 7.47. The molecule has 0 atom stereocenters. The minimum absolute atomic E-state index is 0.411. The van der Waals surface area contributed by atoms with Gasteiger partial charge in [-0.2, -0.15) is 0 Å². The molecule has 1 fully saturated rings. The second kappa shape index (κ2) is 3.86. The van der Waals surface area contributed by atoms with Crippen molar-refractivity contribution in [3.05, 3.63) is 0 Å². The minimum atomic E-state index is 0.411. The number of rotatable bonds is 3. The molecule has 0 aromatic heterocycles. The lowest BCUT2D eigenvalue weighted by Crippen LogP contribution is -2.22. The average molecular weight is 155 g/mol. The normalized spacial score (nSPS) is 20.1. The van der Waals surface area contributed by atoms with Crippen molar-refractivity contribution in [1.82, 2.24) is 4.90 Å². The molecule has 1 rings (SSSR count). The molecule has 0 unspecified atom stereocenters. The van der Waals surface area contributed by atoms with Crippen molar-refractivity contribution in [3.63, 3.8) is 0 Å². The van der Waals surface area contributed by atoms with E-state index in [2.05, 4.69) is 18.7 Å². The van der Waals surface area contributed by atoms with Crippen LogP contribution in [-0.4, -0.2) is 30.3 Å². The summed E-state index contributed by atoms with van der Waals surface area (Å²) in [5, 5.41) is 0. The van der Waals surface area contributed by atoms with Crippen molar-refractivity contribution >= 4 is 5.78 Å². The third-order valence-corrected chi connectivity index (χ3v) is 2.13. The van der Waals surface area contributed by atoms with Crippen LogP contribution in [0.2, 0.25) is 0 Å². The van der Waals surface area contributed by atoms with Crippen LogP contribution in [0.4, 0.5) is 0 Å². The van der Waals surface area contributed by atoms with E-state index < -0.39 is 0 Å². The molecule has 2 nitrogen and oxygen atoms in total. The lowest BCUT2D eigenvalue weighted by atomic mass is 10.1. The maximum Gasteiger partial charge on any atom is 0.148 e. The predicted octanol–water partition coefficient (Wildman–Crippen LogP) is 1.31. The Morgan fingerprint density at radius 1 is 1.55 bits per heavy atom. The summed E-state index contributed by atoms with van der Waals surface area (Å²) in [4.78, 5) is 13.1. The van der Waals surface area contributed by atoms with E-state index in [1.54, 1.807) is 0 Å². The Kier molecular flexibility index (Phi) is 3.06. The Hall–Kier alpha value is -0.370. The fraction of sp³-hybridized carbons (Fsp3) is 0.889. The highest BCUT2D eigenvalue weighted by Crippen LogP contribution is 2.07. The largest absolute Gasteiger partial charge is 0.298 e. The molecule has 11 heavy (non-hydrogen) atoms. The Bertz CT molecular complexity index is 142. The van der Waals surface area contributed by atoms with Gasteiger partial charge < -0.3 is 0 Å². The molecule has 0 aromatic rings. The van der Waals surface area contributed by atoms with E-state index >= 15 is 0 Å². The number of likely N-dealkylation sites (tertiary alicyclic amines) is 1. The van der Waals surface area contributed by atoms with Crippen LogP contribution in [0.1, 0.15) is 26.7 Å². The lowest BCUT2D eigenvalue weighted by Gasteiger charge is -2.14. The number of hydrogen-bond acceptors (Lipinski definition) is 2. The van der Waals surface area contributed by atoms with Gasteiger partial charge in [0.25, 0.3) is 0 Å². The summed E-state index contributed by atoms with van der Waals surface area (Å²) < 4.78 is 0. The summed E-state index contributed by atoms with van der Waals surface area (Å²) in [7, 11) is 0. The van der Waals surface area contributed by atoms with Crippen molar-refractivity contribution in [2.24, 2.45) is 5.92 Å². The van der Waals surface area contributed by atoms with Gasteiger partial charge in [-0.3, -0.25) is 9.69 Å². The first-order chi connectivity index (χ1) is 5.18. The highest BCUT2D eigenvalue weighted by Gasteiger charge is 2.18. The molecule has 0 N–H and O–H groups in total. The molecule has 64 valence electrons. The Morgan fingerprint density at radius 2 is 2.27 bits per heavy atom. The first-order valence-corrected chi connectivity index (χ1v) is 4.42. The van der Waals surface area contributed by atoms with Crippen LogP contribution in [0, 0.1) is 5.92 Å². The Labute approximate surface area is 68.6 Å². The molecule has 2 heteroatoms. The Morgan fingerprint density at radius 3 is 2.73 bits per heavy atom. The van der Waals surface area contributed by atoms with E-state index in [-0.39, 0.29) is 0 Å². The summed E-state index contributed by atoms with van der Waals surface area (Å²) in [5.74, 6) is 1.17. The van der Waals surface area contributed by atoms with E-state index in [0.717, 1.165) is 25.4 Å². The molecule has 1 saturated heterocycles. The first-order valence-electron chi connectivity index (χ1n) is 4.42. The van der Waals surface area contributed by atoms with Crippen LogP contribution in [0.5, 0.6) is 0 Å².